The number of fused-ring (bicyclic) bond motifs is 1. The van der Waals surface area contributed by atoms with Crippen molar-refractivity contribution in [2.24, 2.45) is 0 Å². The summed E-state index contributed by atoms with van der Waals surface area (Å²) >= 11 is 6.61. The molecule has 0 spiro atoms. The number of rotatable bonds is 5. The maximum atomic E-state index is 13.0. The van der Waals surface area contributed by atoms with Gasteiger partial charge in [-0.25, -0.2) is 0 Å². The molecule has 4 rings (SSSR count). The van der Waals surface area contributed by atoms with Gasteiger partial charge in [-0.15, -0.1) is 0 Å². The molecule has 7 heteroatoms. The Bertz CT molecular complexity index is 1030. The van der Waals surface area contributed by atoms with Gasteiger partial charge in [0.15, 0.2) is 5.75 Å². The molecule has 0 radical (unpaired) electrons. The molecule has 2 aliphatic rings. The molecular weight excluding hydrogens is 404 g/mol. The molecule has 0 aliphatic carbocycles. The van der Waals surface area contributed by atoms with Crippen molar-refractivity contribution in [1.82, 2.24) is 4.90 Å². The van der Waals surface area contributed by atoms with Crippen molar-refractivity contribution < 1.29 is 14.3 Å². The highest BCUT2D eigenvalue weighted by Gasteiger charge is 2.39. The Hall–Kier alpha value is -2.64. The highest BCUT2D eigenvalue weighted by molar-refractivity contribution is 8.26. The molecule has 0 aromatic heterocycles. The van der Waals surface area contributed by atoms with Crippen LogP contribution in [0, 0.1) is 0 Å². The molecule has 0 N–H and O–H groups in total. The third-order valence-corrected chi connectivity index (χ3v) is 6.27. The summed E-state index contributed by atoms with van der Waals surface area (Å²) in [4.78, 5) is 28.2. The van der Waals surface area contributed by atoms with Gasteiger partial charge in [-0.1, -0.05) is 48.6 Å². The van der Waals surface area contributed by atoms with Crippen LogP contribution >= 0.6 is 24.0 Å². The van der Waals surface area contributed by atoms with Crippen LogP contribution in [0.25, 0.3) is 11.1 Å². The van der Waals surface area contributed by atoms with E-state index in [1.54, 1.807) is 0 Å². The van der Waals surface area contributed by atoms with Gasteiger partial charge in [-0.2, -0.15) is 0 Å². The number of carbonyl (C=O) groups excluding carboxylic acids is 2. The number of thiocarbonyl (C=S) groups is 1. The highest BCUT2D eigenvalue weighted by Crippen LogP contribution is 2.45. The molecule has 2 heterocycles. The molecule has 0 unspecified atom stereocenters. The Morgan fingerprint density at radius 3 is 2.55 bits per heavy atom. The summed E-state index contributed by atoms with van der Waals surface area (Å²) in [5.41, 5.74) is 3.13. The van der Waals surface area contributed by atoms with Gasteiger partial charge in [0, 0.05) is 19.5 Å². The summed E-state index contributed by atoms with van der Waals surface area (Å²) in [7, 11) is 0. The molecule has 0 bridgehead atoms. The number of hydrogen-bond donors (Lipinski definition) is 0. The van der Waals surface area contributed by atoms with Gasteiger partial charge in [-0.3, -0.25) is 14.5 Å². The van der Waals surface area contributed by atoms with Gasteiger partial charge in [0.1, 0.15) is 15.0 Å². The number of benzene rings is 2. The molecule has 2 aromatic rings. The lowest BCUT2D eigenvalue weighted by Gasteiger charge is -2.17. The van der Waals surface area contributed by atoms with Crippen molar-refractivity contribution in [1.29, 1.82) is 0 Å². The number of nitrogens with zero attached hydrogens (tertiary/aromatic N) is 2. The number of thioether (sulfide) groups is 1. The maximum absolute atomic E-state index is 13.0. The molecule has 0 saturated carbocycles. The quantitative estimate of drug-likeness (QED) is 0.517. The fraction of sp³-hybridized carbons (Fsp3) is 0.227. The SMILES string of the molecule is CCN1/C(=C2\SC(=S)N(CCC(C)=O)C2=O)Oc2ccc(-c3ccccc3)cc21. The molecule has 1 fully saturated rings. The highest BCUT2D eigenvalue weighted by atomic mass is 32.2. The zero-order valence-electron chi connectivity index (χ0n) is 16.2. The van der Waals surface area contributed by atoms with E-state index in [1.165, 1.54) is 23.6 Å². The van der Waals surface area contributed by atoms with Gasteiger partial charge in [0.2, 0.25) is 5.88 Å². The minimum atomic E-state index is -0.203. The average molecular weight is 425 g/mol. The van der Waals surface area contributed by atoms with Crippen molar-refractivity contribution in [2.75, 3.05) is 18.0 Å². The third kappa shape index (κ3) is 3.68. The van der Waals surface area contributed by atoms with E-state index in [2.05, 4.69) is 18.2 Å². The van der Waals surface area contributed by atoms with Gasteiger partial charge in [0.25, 0.3) is 5.91 Å². The zero-order valence-corrected chi connectivity index (χ0v) is 17.8. The first-order chi connectivity index (χ1) is 14.0. The van der Waals surface area contributed by atoms with E-state index in [4.69, 9.17) is 17.0 Å². The summed E-state index contributed by atoms with van der Waals surface area (Å²) < 4.78 is 6.55. The fourth-order valence-electron chi connectivity index (χ4n) is 3.37. The number of ketones is 1. The number of anilines is 1. The fourth-order valence-corrected chi connectivity index (χ4v) is 4.68. The Kier molecular flexibility index (Phi) is 5.43. The van der Waals surface area contributed by atoms with Gasteiger partial charge >= 0.3 is 0 Å². The van der Waals surface area contributed by atoms with Crippen LogP contribution in [0.5, 0.6) is 5.75 Å². The van der Waals surface area contributed by atoms with E-state index in [-0.39, 0.29) is 18.1 Å². The second kappa shape index (κ2) is 8.00. The molecule has 2 aliphatic heterocycles. The van der Waals surface area contributed by atoms with E-state index < -0.39 is 0 Å². The van der Waals surface area contributed by atoms with E-state index >= 15 is 0 Å². The van der Waals surface area contributed by atoms with E-state index in [0.29, 0.717) is 28.2 Å². The second-order valence-electron chi connectivity index (χ2n) is 6.81. The lowest BCUT2D eigenvalue weighted by Crippen LogP contribution is -2.31. The van der Waals surface area contributed by atoms with Gasteiger partial charge < -0.3 is 9.64 Å². The van der Waals surface area contributed by atoms with E-state index in [0.717, 1.165) is 22.6 Å². The summed E-state index contributed by atoms with van der Waals surface area (Å²) in [5.74, 6) is 1.05. The van der Waals surface area contributed by atoms with Crippen LogP contribution in [0.15, 0.2) is 59.3 Å². The van der Waals surface area contributed by atoms with Crippen molar-refractivity contribution in [3.63, 3.8) is 0 Å². The number of ether oxygens (including phenoxy) is 1. The minimum Gasteiger partial charge on any atom is -0.437 e. The third-order valence-electron chi connectivity index (χ3n) is 4.86. The summed E-state index contributed by atoms with van der Waals surface area (Å²) in [6, 6.07) is 16.2. The predicted octanol–water partition coefficient (Wildman–Crippen LogP) is 4.58. The monoisotopic (exact) mass is 424 g/mol. The summed E-state index contributed by atoms with van der Waals surface area (Å²) in [5, 5.41) is 0. The topological polar surface area (TPSA) is 49.9 Å². The molecule has 0 atom stereocenters. The molecule has 2 aromatic carbocycles. The van der Waals surface area contributed by atoms with Gasteiger partial charge in [0.05, 0.1) is 5.69 Å². The van der Waals surface area contributed by atoms with Crippen molar-refractivity contribution in [2.45, 2.75) is 20.3 Å². The van der Waals surface area contributed by atoms with E-state index in [1.807, 2.05) is 42.2 Å². The van der Waals surface area contributed by atoms with Crippen molar-refractivity contribution in [3.05, 3.63) is 59.3 Å². The predicted molar refractivity (Wildman–Crippen MR) is 120 cm³/mol. The maximum Gasteiger partial charge on any atom is 0.271 e. The first-order valence-electron chi connectivity index (χ1n) is 9.42. The van der Waals surface area contributed by atoms with Crippen LogP contribution in [0.3, 0.4) is 0 Å². The second-order valence-corrected chi connectivity index (χ2v) is 8.45. The number of Topliss-reactive ketones (excluding diaryl/α,β-unsaturated/α-hetero) is 1. The normalized spacial score (nSPS) is 18.3. The van der Waals surface area contributed by atoms with Crippen LogP contribution < -0.4 is 9.64 Å². The van der Waals surface area contributed by atoms with Crippen LogP contribution in [0.2, 0.25) is 0 Å². The lowest BCUT2D eigenvalue weighted by molar-refractivity contribution is -0.123. The van der Waals surface area contributed by atoms with Crippen LogP contribution in [-0.2, 0) is 9.59 Å². The number of hydrogen-bond acceptors (Lipinski definition) is 6. The van der Waals surface area contributed by atoms with Crippen LogP contribution in [0.1, 0.15) is 20.3 Å². The van der Waals surface area contributed by atoms with Crippen molar-refractivity contribution in [3.8, 4) is 16.9 Å². The minimum absolute atomic E-state index is 0.0276. The Morgan fingerprint density at radius 1 is 1.10 bits per heavy atom. The van der Waals surface area contributed by atoms with Crippen LogP contribution in [-0.4, -0.2) is 34.0 Å². The standard InChI is InChI=1S/C22H20N2O3S2/c1-3-23-17-13-16(15-7-5-4-6-8-15)9-10-18(17)27-21(23)19-20(26)24(22(28)29-19)12-11-14(2)25/h4-10,13H,3,11-12H2,1-2H3/b21-19+. The zero-order chi connectivity index (χ0) is 20.5. The lowest BCUT2D eigenvalue weighted by atomic mass is 10.0. The average Bonchev–Trinajstić information content (AvgIpc) is 3.22. The van der Waals surface area contributed by atoms with Crippen molar-refractivity contribution >= 4 is 45.7 Å². The first kappa shape index (κ1) is 19.7. The molecule has 29 heavy (non-hydrogen) atoms. The van der Waals surface area contributed by atoms with Crippen LogP contribution in [0.4, 0.5) is 5.69 Å². The first-order valence-corrected chi connectivity index (χ1v) is 10.6. The summed E-state index contributed by atoms with van der Waals surface area (Å²) in [6.07, 6.45) is 0.286. The largest absolute Gasteiger partial charge is 0.437 e. The Labute approximate surface area is 179 Å². The Balaban J connectivity index is 1.68. The molecule has 1 saturated heterocycles. The molecule has 5 nitrogen and oxygen atoms in total. The summed E-state index contributed by atoms with van der Waals surface area (Å²) in [6.45, 7) is 4.48. The smallest absolute Gasteiger partial charge is 0.271 e. The molecular formula is C22H20N2O3S2. The molecule has 148 valence electrons. The number of carbonyl (C=O) groups is 2. The number of amides is 1. The Morgan fingerprint density at radius 2 is 1.86 bits per heavy atom. The van der Waals surface area contributed by atoms with Gasteiger partial charge in [-0.05, 0) is 48.9 Å². The van der Waals surface area contributed by atoms with E-state index in [9.17, 15) is 9.59 Å². The molecule has 1 amide bonds.